The molecule has 4 heteroatoms. The number of amides is 1. The lowest BCUT2D eigenvalue weighted by atomic mass is 10.1. The van der Waals surface area contributed by atoms with Gasteiger partial charge in [-0.2, -0.15) is 0 Å². The number of nitrogens with zero attached hydrogens (tertiary/aromatic N) is 2. The van der Waals surface area contributed by atoms with Crippen LogP contribution in [0.5, 0.6) is 0 Å². The van der Waals surface area contributed by atoms with E-state index in [2.05, 4.69) is 21.8 Å². The molecule has 0 aliphatic carbocycles. The number of aromatic nitrogens is 2. The molecule has 1 aromatic heterocycles. The second-order valence-corrected chi connectivity index (χ2v) is 5.09. The third kappa shape index (κ3) is 2.95. The Morgan fingerprint density at radius 1 is 1.47 bits per heavy atom. The van der Waals surface area contributed by atoms with Gasteiger partial charge < -0.3 is 9.88 Å². The number of benzene rings is 1. The lowest BCUT2D eigenvalue weighted by molar-refractivity contribution is -0.121. The summed E-state index contributed by atoms with van der Waals surface area (Å²) < 4.78 is 2.05. The standard InChI is InChI=1S/C15H21N3O/c1-5-10(2)16-15(19)9-12-6-7-14-13(8-12)17-11(3)18(14)4/h6-8,10H,5,9H2,1-4H3,(H,16,19). The number of hydrogen-bond acceptors (Lipinski definition) is 2. The molecule has 0 aliphatic rings. The first kappa shape index (κ1) is 13.6. The van der Waals surface area contributed by atoms with Crippen LogP contribution in [-0.4, -0.2) is 21.5 Å². The fourth-order valence-electron chi connectivity index (χ4n) is 2.09. The summed E-state index contributed by atoms with van der Waals surface area (Å²) >= 11 is 0. The molecule has 102 valence electrons. The van der Waals surface area contributed by atoms with Crippen molar-refractivity contribution in [2.75, 3.05) is 0 Å². The fourth-order valence-corrected chi connectivity index (χ4v) is 2.09. The van der Waals surface area contributed by atoms with Crippen molar-refractivity contribution in [2.24, 2.45) is 7.05 Å². The van der Waals surface area contributed by atoms with Gasteiger partial charge in [0, 0.05) is 13.1 Å². The first-order chi connectivity index (χ1) is 9.01. The van der Waals surface area contributed by atoms with E-state index in [0.29, 0.717) is 6.42 Å². The predicted octanol–water partition coefficient (Wildman–Crippen LogP) is 2.34. The van der Waals surface area contributed by atoms with E-state index in [1.165, 1.54) is 0 Å². The van der Waals surface area contributed by atoms with Gasteiger partial charge in [-0.05, 0) is 38.0 Å². The van der Waals surface area contributed by atoms with Gasteiger partial charge in [0.05, 0.1) is 17.5 Å². The van der Waals surface area contributed by atoms with Gasteiger partial charge in [-0.25, -0.2) is 4.98 Å². The molecule has 4 nitrogen and oxygen atoms in total. The van der Waals surface area contributed by atoms with Crippen LogP contribution in [0.15, 0.2) is 18.2 Å². The van der Waals surface area contributed by atoms with Gasteiger partial charge in [0.2, 0.25) is 5.91 Å². The molecule has 1 atom stereocenters. The predicted molar refractivity (Wildman–Crippen MR) is 77.1 cm³/mol. The molecule has 0 spiro atoms. The van der Waals surface area contributed by atoms with Gasteiger partial charge in [0.25, 0.3) is 0 Å². The number of fused-ring (bicyclic) bond motifs is 1. The molecule has 0 radical (unpaired) electrons. The number of aryl methyl sites for hydroxylation is 2. The van der Waals surface area contributed by atoms with Crippen LogP contribution in [0.25, 0.3) is 11.0 Å². The highest BCUT2D eigenvalue weighted by molar-refractivity contribution is 5.82. The molecule has 1 unspecified atom stereocenters. The molecule has 1 aromatic carbocycles. The van der Waals surface area contributed by atoms with Crippen LogP contribution in [0.3, 0.4) is 0 Å². The Morgan fingerprint density at radius 2 is 2.21 bits per heavy atom. The van der Waals surface area contributed by atoms with Crippen LogP contribution in [0.4, 0.5) is 0 Å². The van der Waals surface area contributed by atoms with E-state index >= 15 is 0 Å². The quantitative estimate of drug-likeness (QED) is 0.916. The normalized spacial score (nSPS) is 12.6. The van der Waals surface area contributed by atoms with E-state index in [9.17, 15) is 4.79 Å². The van der Waals surface area contributed by atoms with Gasteiger partial charge in [-0.1, -0.05) is 13.0 Å². The van der Waals surface area contributed by atoms with E-state index in [-0.39, 0.29) is 11.9 Å². The van der Waals surface area contributed by atoms with Gasteiger partial charge in [-0.3, -0.25) is 4.79 Å². The smallest absolute Gasteiger partial charge is 0.224 e. The molecule has 0 fully saturated rings. The summed E-state index contributed by atoms with van der Waals surface area (Å²) in [7, 11) is 2.00. The third-order valence-electron chi connectivity index (χ3n) is 3.55. The second kappa shape index (κ2) is 5.43. The lowest BCUT2D eigenvalue weighted by Gasteiger charge is -2.11. The minimum Gasteiger partial charge on any atom is -0.353 e. The molecule has 0 saturated heterocycles. The van der Waals surface area contributed by atoms with E-state index in [4.69, 9.17) is 0 Å². The highest BCUT2D eigenvalue weighted by Gasteiger charge is 2.09. The van der Waals surface area contributed by atoms with Crippen molar-refractivity contribution in [2.45, 2.75) is 39.7 Å². The zero-order valence-electron chi connectivity index (χ0n) is 12.0. The summed E-state index contributed by atoms with van der Waals surface area (Å²) in [6, 6.07) is 6.26. The van der Waals surface area contributed by atoms with E-state index < -0.39 is 0 Å². The van der Waals surface area contributed by atoms with Crippen molar-refractivity contribution in [1.82, 2.24) is 14.9 Å². The number of carbonyl (C=O) groups excluding carboxylic acids is 1. The molecule has 0 saturated carbocycles. The van der Waals surface area contributed by atoms with Crippen molar-refractivity contribution in [3.8, 4) is 0 Å². The van der Waals surface area contributed by atoms with Crippen LogP contribution in [-0.2, 0) is 18.3 Å². The van der Waals surface area contributed by atoms with Crippen LogP contribution >= 0.6 is 0 Å². The number of nitrogens with one attached hydrogen (secondary N) is 1. The molecule has 1 heterocycles. The summed E-state index contributed by atoms with van der Waals surface area (Å²) in [5, 5.41) is 2.98. The molecule has 0 bridgehead atoms. The van der Waals surface area contributed by atoms with Crippen molar-refractivity contribution < 1.29 is 4.79 Å². The van der Waals surface area contributed by atoms with Gasteiger partial charge in [0.1, 0.15) is 5.82 Å². The summed E-state index contributed by atoms with van der Waals surface area (Å²) in [4.78, 5) is 16.3. The zero-order valence-corrected chi connectivity index (χ0v) is 12.0. The maximum absolute atomic E-state index is 11.9. The minimum absolute atomic E-state index is 0.0707. The summed E-state index contributed by atoms with van der Waals surface area (Å²) in [6.45, 7) is 6.06. The maximum atomic E-state index is 11.9. The van der Waals surface area contributed by atoms with Crippen LogP contribution in [0, 0.1) is 6.92 Å². The average molecular weight is 259 g/mol. The Balaban J connectivity index is 2.15. The van der Waals surface area contributed by atoms with E-state index in [0.717, 1.165) is 28.8 Å². The van der Waals surface area contributed by atoms with Crippen molar-refractivity contribution >= 4 is 16.9 Å². The summed E-state index contributed by atoms with van der Waals surface area (Å²) in [5.74, 6) is 1.05. The number of rotatable bonds is 4. The van der Waals surface area contributed by atoms with Crippen molar-refractivity contribution in [1.29, 1.82) is 0 Å². The van der Waals surface area contributed by atoms with Crippen molar-refractivity contribution in [3.63, 3.8) is 0 Å². The Bertz CT molecular complexity index is 601. The Kier molecular flexibility index (Phi) is 3.88. The highest BCUT2D eigenvalue weighted by atomic mass is 16.1. The molecule has 19 heavy (non-hydrogen) atoms. The number of carbonyl (C=O) groups is 1. The SMILES string of the molecule is CCC(C)NC(=O)Cc1ccc2c(c1)nc(C)n2C. The molecular weight excluding hydrogens is 238 g/mol. The fraction of sp³-hybridized carbons (Fsp3) is 0.467. The first-order valence-electron chi connectivity index (χ1n) is 6.72. The van der Waals surface area contributed by atoms with E-state index in [1.54, 1.807) is 0 Å². The number of hydrogen-bond donors (Lipinski definition) is 1. The Morgan fingerprint density at radius 3 is 2.89 bits per heavy atom. The summed E-state index contributed by atoms with van der Waals surface area (Å²) in [5.41, 5.74) is 3.06. The minimum atomic E-state index is 0.0707. The second-order valence-electron chi connectivity index (χ2n) is 5.09. The topological polar surface area (TPSA) is 46.9 Å². The maximum Gasteiger partial charge on any atom is 0.224 e. The molecular formula is C15H21N3O. The van der Waals surface area contributed by atoms with Crippen LogP contribution < -0.4 is 5.32 Å². The highest BCUT2D eigenvalue weighted by Crippen LogP contribution is 2.16. The Labute approximate surface area is 113 Å². The number of imidazole rings is 1. The van der Waals surface area contributed by atoms with Gasteiger partial charge >= 0.3 is 0 Å². The molecule has 0 aliphatic heterocycles. The van der Waals surface area contributed by atoms with Gasteiger partial charge in [0.15, 0.2) is 0 Å². The lowest BCUT2D eigenvalue weighted by Crippen LogP contribution is -2.33. The monoisotopic (exact) mass is 259 g/mol. The average Bonchev–Trinajstić information content (AvgIpc) is 2.64. The van der Waals surface area contributed by atoms with Crippen LogP contribution in [0.1, 0.15) is 31.7 Å². The summed E-state index contributed by atoms with van der Waals surface area (Å²) in [6.07, 6.45) is 1.36. The zero-order chi connectivity index (χ0) is 14.0. The molecule has 2 aromatic rings. The largest absolute Gasteiger partial charge is 0.353 e. The first-order valence-corrected chi connectivity index (χ1v) is 6.72. The van der Waals surface area contributed by atoms with E-state index in [1.807, 2.05) is 39.1 Å². The van der Waals surface area contributed by atoms with Gasteiger partial charge in [-0.15, -0.1) is 0 Å². The Hall–Kier alpha value is -1.84. The molecule has 1 amide bonds. The van der Waals surface area contributed by atoms with Crippen molar-refractivity contribution in [3.05, 3.63) is 29.6 Å². The molecule has 2 rings (SSSR count). The van der Waals surface area contributed by atoms with Crippen LogP contribution in [0.2, 0.25) is 0 Å². The third-order valence-corrected chi connectivity index (χ3v) is 3.55. The molecule has 1 N–H and O–H groups in total.